The Labute approximate surface area is 172 Å². The first-order valence-corrected chi connectivity index (χ1v) is 9.33. The maximum Gasteiger partial charge on any atom is 0.387 e. The van der Waals surface area contributed by atoms with Crippen LogP contribution in [0.25, 0.3) is 0 Å². The Morgan fingerprint density at radius 1 is 1.28 bits per heavy atom. The first-order chi connectivity index (χ1) is 13.9. The van der Waals surface area contributed by atoms with Gasteiger partial charge in [0.05, 0.1) is 11.6 Å². The molecular weight excluding hydrogens is 400 g/mol. The number of fused-ring (bicyclic) bond motifs is 1. The quantitative estimate of drug-likeness (QED) is 0.558. The van der Waals surface area contributed by atoms with Gasteiger partial charge < -0.3 is 10.1 Å². The van der Waals surface area contributed by atoms with E-state index in [4.69, 9.17) is 16.9 Å². The van der Waals surface area contributed by atoms with Gasteiger partial charge in [0.25, 0.3) is 0 Å². The third-order valence-corrected chi connectivity index (χ3v) is 5.23. The van der Waals surface area contributed by atoms with Gasteiger partial charge in [0.15, 0.2) is 0 Å². The van der Waals surface area contributed by atoms with E-state index in [9.17, 15) is 14.0 Å². The van der Waals surface area contributed by atoms with Crippen LogP contribution in [0, 0.1) is 22.7 Å². The Balaban J connectivity index is 1.85. The number of halogens is 3. The molecule has 1 N–H and O–H groups in total. The van der Waals surface area contributed by atoms with Gasteiger partial charge in [-0.15, -0.1) is 0 Å². The van der Waals surface area contributed by atoms with Gasteiger partial charge in [-0.1, -0.05) is 23.7 Å². The summed E-state index contributed by atoms with van der Waals surface area (Å²) in [7, 11) is 0. The molecule has 6 nitrogen and oxygen atoms in total. The summed E-state index contributed by atoms with van der Waals surface area (Å²) in [5, 5.41) is 21.4. The van der Waals surface area contributed by atoms with Crippen LogP contribution in [-0.2, 0) is 13.0 Å². The van der Waals surface area contributed by atoms with E-state index in [0.717, 1.165) is 16.7 Å². The molecule has 0 spiro atoms. The number of rotatable bonds is 6. The zero-order chi connectivity index (χ0) is 21.0. The Bertz CT molecular complexity index is 969. The number of benzene rings is 1. The number of aromatic nitrogens is 1. The molecule has 9 heteroatoms. The SMILES string of the molecule is CC(c1ccc(OC(F)F)cc1)N1CCc2c(NCC#N)nc(Cl)c(C#N)c2C1. The zero-order valence-electron chi connectivity index (χ0n) is 15.6. The molecule has 29 heavy (non-hydrogen) atoms. The number of nitriles is 2. The van der Waals surface area contributed by atoms with Crippen LogP contribution in [0.5, 0.6) is 5.75 Å². The van der Waals surface area contributed by atoms with Crippen molar-refractivity contribution in [1.29, 1.82) is 10.5 Å². The van der Waals surface area contributed by atoms with Crippen LogP contribution in [0.3, 0.4) is 0 Å². The van der Waals surface area contributed by atoms with Crippen molar-refractivity contribution < 1.29 is 13.5 Å². The van der Waals surface area contributed by atoms with Gasteiger partial charge in [-0.25, -0.2) is 4.98 Å². The van der Waals surface area contributed by atoms with E-state index in [1.54, 1.807) is 12.1 Å². The lowest BCUT2D eigenvalue weighted by Gasteiger charge is -2.35. The van der Waals surface area contributed by atoms with Crippen LogP contribution < -0.4 is 10.1 Å². The maximum absolute atomic E-state index is 12.3. The molecule has 0 radical (unpaired) electrons. The predicted octanol–water partition coefficient (Wildman–Crippen LogP) is 4.26. The van der Waals surface area contributed by atoms with Gasteiger partial charge in [-0.3, -0.25) is 4.90 Å². The second kappa shape index (κ2) is 9.04. The molecule has 1 aliphatic rings. The fraction of sp³-hybridized carbons (Fsp3) is 0.350. The molecule has 1 aromatic heterocycles. The highest BCUT2D eigenvalue weighted by molar-refractivity contribution is 6.30. The Kier molecular flexibility index (Phi) is 6.48. The van der Waals surface area contributed by atoms with Crippen LogP contribution in [0.2, 0.25) is 5.15 Å². The number of hydrogen-bond acceptors (Lipinski definition) is 6. The van der Waals surface area contributed by atoms with Crippen molar-refractivity contribution in [3.05, 3.63) is 51.7 Å². The van der Waals surface area contributed by atoms with Gasteiger partial charge in [0.2, 0.25) is 0 Å². The largest absolute Gasteiger partial charge is 0.435 e. The summed E-state index contributed by atoms with van der Waals surface area (Å²) in [6, 6.07) is 10.7. The molecular formula is C20H18ClF2N5O. The summed E-state index contributed by atoms with van der Waals surface area (Å²) < 4.78 is 29.1. The van der Waals surface area contributed by atoms with Gasteiger partial charge in [-0.2, -0.15) is 19.3 Å². The van der Waals surface area contributed by atoms with E-state index in [1.165, 1.54) is 12.1 Å². The van der Waals surface area contributed by atoms with Crippen molar-refractivity contribution >= 4 is 17.4 Å². The third-order valence-electron chi connectivity index (χ3n) is 4.96. The molecule has 150 valence electrons. The number of hydrogen-bond donors (Lipinski definition) is 1. The zero-order valence-corrected chi connectivity index (χ0v) is 16.4. The highest BCUT2D eigenvalue weighted by Crippen LogP contribution is 2.35. The van der Waals surface area contributed by atoms with Crippen molar-refractivity contribution in [2.75, 3.05) is 18.4 Å². The number of anilines is 1. The van der Waals surface area contributed by atoms with E-state index < -0.39 is 6.61 Å². The van der Waals surface area contributed by atoms with Crippen molar-refractivity contribution in [1.82, 2.24) is 9.88 Å². The van der Waals surface area contributed by atoms with Crippen molar-refractivity contribution in [2.45, 2.75) is 32.5 Å². The molecule has 3 rings (SSSR count). The molecule has 0 saturated heterocycles. The van der Waals surface area contributed by atoms with Crippen molar-refractivity contribution in [2.24, 2.45) is 0 Å². The summed E-state index contributed by atoms with van der Waals surface area (Å²) in [6.07, 6.45) is 0.638. The fourth-order valence-corrected chi connectivity index (χ4v) is 3.71. The van der Waals surface area contributed by atoms with Crippen LogP contribution >= 0.6 is 11.6 Å². The first-order valence-electron chi connectivity index (χ1n) is 8.95. The summed E-state index contributed by atoms with van der Waals surface area (Å²) in [5.74, 6) is 0.643. The van der Waals surface area contributed by atoms with Crippen LogP contribution in [0.15, 0.2) is 24.3 Å². The molecule has 1 atom stereocenters. The average molecular weight is 418 g/mol. The monoisotopic (exact) mass is 417 g/mol. The number of ether oxygens (including phenoxy) is 1. The number of nitrogens with zero attached hydrogens (tertiary/aromatic N) is 4. The van der Waals surface area contributed by atoms with Crippen LogP contribution in [0.4, 0.5) is 14.6 Å². The summed E-state index contributed by atoms with van der Waals surface area (Å²) in [5.41, 5.74) is 2.97. The van der Waals surface area contributed by atoms with E-state index in [1.807, 2.05) is 13.0 Å². The van der Waals surface area contributed by atoms with Crippen LogP contribution in [-0.4, -0.2) is 29.6 Å². The molecule has 0 fully saturated rings. The van der Waals surface area contributed by atoms with Crippen molar-refractivity contribution in [3.63, 3.8) is 0 Å². The molecule has 1 aliphatic heterocycles. The third kappa shape index (κ3) is 4.56. The van der Waals surface area contributed by atoms with E-state index >= 15 is 0 Å². The summed E-state index contributed by atoms with van der Waals surface area (Å²) in [4.78, 5) is 6.42. The van der Waals surface area contributed by atoms with Gasteiger partial charge >= 0.3 is 6.61 Å². The molecule has 0 saturated carbocycles. The predicted molar refractivity (Wildman–Crippen MR) is 104 cm³/mol. The normalized spacial score (nSPS) is 14.6. The molecule has 1 unspecified atom stereocenters. The van der Waals surface area contributed by atoms with E-state index in [0.29, 0.717) is 30.9 Å². The van der Waals surface area contributed by atoms with Gasteiger partial charge in [0, 0.05) is 24.7 Å². The molecule has 2 heterocycles. The minimum Gasteiger partial charge on any atom is -0.435 e. The highest BCUT2D eigenvalue weighted by atomic mass is 35.5. The number of nitrogens with one attached hydrogen (secondary N) is 1. The Morgan fingerprint density at radius 2 is 2.00 bits per heavy atom. The number of alkyl halides is 2. The molecule has 0 amide bonds. The van der Waals surface area contributed by atoms with Gasteiger partial charge in [0.1, 0.15) is 29.3 Å². The maximum atomic E-state index is 12.3. The fourth-order valence-electron chi connectivity index (χ4n) is 3.47. The highest BCUT2D eigenvalue weighted by Gasteiger charge is 2.28. The summed E-state index contributed by atoms with van der Waals surface area (Å²) in [6.45, 7) is 0.437. The van der Waals surface area contributed by atoms with Gasteiger partial charge in [-0.05, 0) is 36.6 Å². The average Bonchev–Trinajstić information content (AvgIpc) is 2.71. The smallest absolute Gasteiger partial charge is 0.387 e. The van der Waals surface area contributed by atoms with E-state index in [2.05, 4.69) is 26.0 Å². The Morgan fingerprint density at radius 3 is 2.62 bits per heavy atom. The minimum absolute atomic E-state index is 0.0160. The molecule has 0 aliphatic carbocycles. The first kappa shape index (κ1) is 20.8. The number of pyridine rings is 1. The second-order valence-electron chi connectivity index (χ2n) is 6.55. The minimum atomic E-state index is -2.86. The second-order valence-corrected chi connectivity index (χ2v) is 6.91. The Hall–Kier alpha value is -2.94. The standard InChI is InChI=1S/C20H18ClF2N5O/c1-12(13-2-4-14(5-3-13)29-20(22)23)28-9-6-15-17(11-28)16(10-25)18(21)27-19(15)26-8-7-24/h2-5,12,20H,6,8-9,11H2,1H3,(H,26,27). The summed E-state index contributed by atoms with van der Waals surface area (Å²) >= 11 is 6.20. The molecule has 1 aromatic carbocycles. The molecule has 0 bridgehead atoms. The topological polar surface area (TPSA) is 85.0 Å². The van der Waals surface area contributed by atoms with Crippen LogP contribution in [0.1, 0.15) is 35.2 Å². The lowest BCUT2D eigenvalue weighted by molar-refractivity contribution is -0.0498. The molecule has 2 aromatic rings. The van der Waals surface area contributed by atoms with E-state index in [-0.39, 0.29) is 23.5 Å². The van der Waals surface area contributed by atoms with Crippen molar-refractivity contribution in [3.8, 4) is 17.9 Å². The lowest BCUT2D eigenvalue weighted by Crippen LogP contribution is -2.34. The lowest BCUT2D eigenvalue weighted by atomic mass is 9.94.